The molecule has 0 spiro atoms. The average molecular weight is 215 g/mol. The highest BCUT2D eigenvalue weighted by Gasteiger charge is 2.13. The zero-order valence-electron chi connectivity index (χ0n) is 7.19. The molecule has 0 radical (unpaired) electrons. The van der Waals surface area contributed by atoms with Gasteiger partial charge in [0, 0.05) is 0 Å². The van der Waals surface area contributed by atoms with Crippen molar-refractivity contribution in [3.05, 3.63) is 29.6 Å². The van der Waals surface area contributed by atoms with Crippen LogP contribution in [0.3, 0.4) is 0 Å². The van der Waals surface area contributed by atoms with Crippen LogP contribution in [0.15, 0.2) is 27.5 Å². The van der Waals surface area contributed by atoms with Crippen LogP contribution in [0.4, 0.5) is 4.39 Å². The lowest BCUT2D eigenvalue weighted by Gasteiger charge is -1.98. The standard InChI is InChI=1S/C8H6FNO3S/c1-6-2-3-7(4-8(6)9)14(12,13)10-5-11/h2-4H,1H3. The van der Waals surface area contributed by atoms with Crippen molar-refractivity contribution in [3.8, 4) is 0 Å². The Morgan fingerprint density at radius 1 is 1.43 bits per heavy atom. The largest absolute Gasteiger partial charge is 0.292 e. The van der Waals surface area contributed by atoms with E-state index in [-0.39, 0.29) is 4.90 Å². The van der Waals surface area contributed by atoms with E-state index in [9.17, 15) is 17.6 Å². The van der Waals surface area contributed by atoms with Crippen molar-refractivity contribution in [2.75, 3.05) is 0 Å². The second-order valence-electron chi connectivity index (χ2n) is 2.57. The highest BCUT2D eigenvalue weighted by molar-refractivity contribution is 7.90. The van der Waals surface area contributed by atoms with E-state index in [1.165, 1.54) is 19.1 Å². The van der Waals surface area contributed by atoms with Gasteiger partial charge in [0.15, 0.2) is 0 Å². The van der Waals surface area contributed by atoms with E-state index >= 15 is 0 Å². The molecule has 14 heavy (non-hydrogen) atoms. The Morgan fingerprint density at radius 3 is 2.57 bits per heavy atom. The number of aryl methyl sites for hydroxylation is 1. The van der Waals surface area contributed by atoms with E-state index in [1.807, 2.05) is 0 Å². The number of isocyanates is 1. The molecule has 0 atom stereocenters. The van der Waals surface area contributed by atoms with Crippen molar-refractivity contribution < 1.29 is 17.6 Å². The average Bonchev–Trinajstić information content (AvgIpc) is 2.09. The Morgan fingerprint density at radius 2 is 2.07 bits per heavy atom. The summed E-state index contributed by atoms with van der Waals surface area (Å²) >= 11 is 0. The molecule has 0 amide bonds. The van der Waals surface area contributed by atoms with Crippen LogP contribution in [-0.4, -0.2) is 14.5 Å². The smallest absolute Gasteiger partial charge is 0.210 e. The van der Waals surface area contributed by atoms with Crippen molar-refractivity contribution in [3.63, 3.8) is 0 Å². The maximum absolute atomic E-state index is 12.9. The number of sulfonamides is 1. The molecule has 1 aromatic carbocycles. The molecular formula is C8H6FNO3S. The van der Waals surface area contributed by atoms with E-state index in [4.69, 9.17) is 0 Å². The summed E-state index contributed by atoms with van der Waals surface area (Å²) < 4.78 is 37.7. The third kappa shape index (κ3) is 2.04. The first-order valence-corrected chi connectivity index (χ1v) is 5.01. The predicted octanol–water partition coefficient (Wildman–Crippen LogP) is 1.16. The molecule has 0 aromatic heterocycles. The molecule has 1 rings (SSSR count). The summed E-state index contributed by atoms with van der Waals surface area (Å²) in [6, 6.07) is 3.28. The fourth-order valence-electron chi connectivity index (χ4n) is 0.836. The zero-order chi connectivity index (χ0) is 10.8. The monoisotopic (exact) mass is 215 g/mol. The molecule has 6 heteroatoms. The molecule has 0 bridgehead atoms. The zero-order valence-corrected chi connectivity index (χ0v) is 8.01. The molecule has 0 saturated carbocycles. The van der Waals surface area contributed by atoms with Crippen molar-refractivity contribution >= 4 is 16.1 Å². The third-order valence-electron chi connectivity index (χ3n) is 1.60. The molecule has 74 valence electrons. The molecular weight excluding hydrogens is 209 g/mol. The van der Waals surface area contributed by atoms with Crippen LogP contribution in [0.2, 0.25) is 0 Å². The van der Waals surface area contributed by atoms with Gasteiger partial charge in [0.25, 0.3) is 16.1 Å². The van der Waals surface area contributed by atoms with Crippen LogP contribution in [-0.2, 0) is 14.8 Å². The van der Waals surface area contributed by atoms with Crippen LogP contribution in [0.1, 0.15) is 5.56 Å². The van der Waals surface area contributed by atoms with Crippen molar-refractivity contribution in [2.24, 2.45) is 4.40 Å². The molecule has 0 saturated heterocycles. The Balaban J connectivity index is 3.35. The number of benzene rings is 1. The SMILES string of the molecule is Cc1ccc(S(=O)(=O)N=C=O)cc1F. The van der Waals surface area contributed by atoms with E-state index in [0.717, 1.165) is 12.1 Å². The van der Waals surface area contributed by atoms with Gasteiger partial charge in [-0.2, -0.15) is 8.42 Å². The Bertz CT molecular complexity index is 503. The van der Waals surface area contributed by atoms with Crippen LogP contribution < -0.4 is 0 Å². The number of carbonyl (C=O) groups excluding carboxylic acids is 1. The van der Waals surface area contributed by atoms with Gasteiger partial charge in [0.2, 0.25) is 0 Å². The fourth-order valence-corrected chi connectivity index (χ4v) is 1.53. The summed E-state index contributed by atoms with van der Waals surface area (Å²) in [4.78, 5) is 9.42. The van der Waals surface area contributed by atoms with Crippen LogP contribution in [0, 0.1) is 12.7 Å². The molecule has 0 aliphatic rings. The molecule has 0 fully saturated rings. The minimum atomic E-state index is -4.09. The fraction of sp³-hybridized carbons (Fsp3) is 0.125. The Kier molecular flexibility index (Phi) is 2.78. The van der Waals surface area contributed by atoms with Crippen LogP contribution >= 0.6 is 0 Å². The molecule has 0 aliphatic heterocycles. The van der Waals surface area contributed by atoms with Gasteiger partial charge >= 0.3 is 0 Å². The molecule has 0 unspecified atom stereocenters. The molecule has 0 N–H and O–H groups in total. The van der Waals surface area contributed by atoms with Gasteiger partial charge < -0.3 is 0 Å². The van der Waals surface area contributed by atoms with Gasteiger partial charge in [-0.25, -0.2) is 9.18 Å². The van der Waals surface area contributed by atoms with E-state index < -0.39 is 15.8 Å². The Labute approximate surface area is 80.1 Å². The summed E-state index contributed by atoms with van der Waals surface area (Å²) in [7, 11) is -4.09. The number of rotatable bonds is 2. The second kappa shape index (κ2) is 3.69. The minimum Gasteiger partial charge on any atom is -0.210 e. The quantitative estimate of drug-likeness (QED) is 0.549. The summed E-state index contributed by atoms with van der Waals surface area (Å²) in [6.07, 6.45) is 0.905. The van der Waals surface area contributed by atoms with Crippen molar-refractivity contribution in [2.45, 2.75) is 11.8 Å². The van der Waals surface area contributed by atoms with Gasteiger partial charge in [-0.15, -0.1) is 0 Å². The summed E-state index contributed by atoms with van der Waals surface area (Å²) in [5.41, 5.74) is 0.319. The van der Waals surface area contributed by atoms with Gasteiger partial charge in [-0.05, 0) is 24.6 Å². The molecule has 1 aromatic rings. The second-order valence-corrected chi connectivity index (χ2v) is 4.17. The molecule has 0 aliphatic carbocycles. The first-order valence-electron chi connectivity index (χ1n) is 3.57. The summed E-state index contributed by atoms with van der Waals surface area (Å²) in [5, 5.41) is 0. The highest BCUT2D eigenvalue weighted by atomic mass is 32.2. The normalized spacial score (nSPS) is 10.7. The summed E-state index contributed by atoms with van der Waals surface area (Å²) in [5.74, 6) is -0.660. The minimum absolute atomic E-state index is 0.319. The number of hydrogen-bond donors (Lipinski definition) is 0. The summed E-state index contributed by atoms with van der Waals surface area (Å²) in [6.45, 7) is 1.49. The Hall–Kier alpha value is -1.52. The van der Waals surface area contributed by atoms with Gasteiger partial charge in [0.05, 0.1) is 4.90 Å². The number of halogens is 1. The number of nitrogens with zero attached hydrogens (tertiary/aromatic N) is 1. The highest BCUT2D eigenvalue weighted by Crippen LogP contribution is 2.15. The lowest BCUT2D eigenvalue weighted by Crippen LogP contribution is -1.97. The number of hydrogen-bond acceptors (Lipinski definition) is 3. The first kappa shape index (κ1) is 10.6. The van der Waals surface area contributed by atoms with E-state index in [1.54, 1.807) is 0 Å². The third-order valence-corrected chi connectivity index (χ3v) is 2.76. The molecule has 0 heterocycles. The van der Waals surface area contributed by atoms with Crippen LogP contribution in [0.25, 0.3) is 0 Å². The maximum Gasteiger partial charge on any atom is 0.292 e. The van der Waals surface area contributed by atoms with E-state index in [2.05, 4.69) is 4.40 Å². The predicted molar refractivity (Wildman–Crippen MR) is 46.4 cm³/mol. The maximum atomic E-state index is 12.9. The molecule has 4 nitrogen and oxygen atoms in total. The lowest BCUT2D eigenvalue weighted by molar-refractivity contribution is 0.563. The van der Waals surface area contributed by atoms with E-state index in [0.29, 0.717) is 5.56 Å². The van der Waals surface area contributed by atoms with Crippen LogP contribution in [0.5, 0.6) is 0 Å². The van der Waals surface area contributed by atoms with Gasteiger partial charge in [-0.1, -0.05) is 10.5 Å². The van der Waals surface area contributed by atoms with Gasteiger partial charge in [-0.3, -0.25) is 0 Å². The first-order chi connectivity index (χ1) is 6.47. The van der Waals surface area contributed by atoms with Gasteiger partial charge in [0.1, 0.15) is 5.82 Å². The van der Waals surface area contributed by atoms with Crippen molar-refractivity contribution in [1.82, 2.24) is 0 Å². The van der Waals surface area contributed by atoms with Crippen molar-refractivity contribution in [1.29, 1.82) is 0 Å². The lowest BCUT2D eigenvalue weighted by atomic mass is 10.2. The topological polar surface area (TPSA) is 63.6 Å².